The number of carboxylic acids is 2. The van der Waals surface area contributed by atoms with Gasteiger partial charge >= 0.3 is 23.9 Å². The fourth-order valence-corrected chi connectivity index (χ4v) is 4.58. The summed E-state index contributed by atoms with van der Waals surface area (Å²) in [7, 11) is 0. The molecule has 0 bridgehead atoms. The Hall–Kier alpha value is -1.04. The molecule has 266 valence electrons. The van der Waals surface area contributed by atoms with Crippen LogP contribution in [0.3, 0.4) is 0 Å². The molecule has 4 radical (unpaired) electrons. The molecule has 1 aromatic carbocycles. The SMILES string of the molecule is CCCCCCCCCCCCCCCCCCCCCC(=O)[O-].CCCCc1cccc(C(=O)[O-])c1.[CH2]CCC.[CH2]CCC.[Sn+2]. The van der Waals surface area contributed by atoms with Crippen molar-refractivity contribution in [2.45, 2.75) is 201 Å². The van der Waals surface area contributed by atoms with E-state index in [2.05, 4.69) is 41.5 Å². The molecule has 1 rings (SSSR count). The van der Waals surface area contributed by atoms with Gasteiger partial charge in [0, 0.05) is 5.97 Å². The molecule has 0 spiro atoms. The van der Waals surface area contributed by atoms with Crippen molar-refractivity contribution in [3.63, 3.8) is 0 Å². The Balaban J connectivity index is -0.000000332. The maximum Gasteiger partial charge on any atom is 2.00 e. The van der Waals surface area contributed by atoms with Gasteiger partial charge in [-0.2, -0.15) is 0 Å². The van der Waals surface area contributed by atoms with E-state index in [0.717, 1.165) is 50.5 Å². The van der Waals surface area contributed by atoms with Crippen LogP contribution in [-0.4, -0.2) is 35.8 Å². The summed E-state index contributed by atoms with van der Waals surface area (Å²) in [6.07, 6.45) is 33.5. The number of carboxylic acid groups (broad SMARTS) is 2. The van der Waals surface area contributed by atoms with Gasteiger partial charge in [0.05, 0.1) is 5.97 Å². The van der Waals surface area contributed by atoms with E-state index in [4.69, 9.17) is 0 Å². The Morgan fingerprint density at radius 3 is 1.20 bits per heavy atom. The Bertz CT molecular complexity index is 714. The van der Waals surface area contributed by atoms with Crippen LogP contribution in [0, 0.1) is 13.8 Å². The molecular formula is C41H74O4Sn. The van der Waals surface area contributed by atoms with Crippen LogP contribution in [0.1, 0.15) is 211 Å². The van der Waals surface area contributed by atoms with Gasteiger partial charge < -0.3 is 19.8 Å². The van der Waals surface area contributed by atoms with Crippen molar-refractivity contribution in [2.24, 2.45) is 0 Å². The number of benzene rings is 1. The molecule has 0 atom stereocenters. The number of hydrogen-bond donors (Lipinski definition) is 0. The van der Waals surface area contributed by atoms with Crippen molar-refractivity contribution in [3.05, 3.63) is 49.2 Å². The Morgan fingerprint density at radius 2 is 0.891 bits per heavy atom. The van der Waals surface area contributed by atoms with Crippen molar-refractivity contribution in [2.75, 3.05) is 0 Å². The van der Waals surface area contributed by atoms with E-state index in [-0.39, 0.29) is 35.9 Å². The van der Waals surface area contributed by atoms with E-state index in [9.17, 15) is 19.8 Å². The topological polar surface area (TPSA) is 80.3 Å². The second-order valence-corrected chi connectivity index (χ2v) is 12.3. The molecule has 0 fully saturated rings. The summed E-state index contributed by atoms with van der Waals surface area (Å²) in [6, 6.07) is 6.95. The number of carbonyl (C=O) groups excluding carboxylic acids is 2. The van der Waals surface area contributed by atoms with Crippen LogP contribution in [-0.2, 0) is 11.2 Å². The predicted molar refractivity (Wildman–Crippen MR) is 199 cm³/mol. The third-order valence-corrected chi connectivity index (χ3v) is 7.67. The summed E-state index contributed by atoms with van der Waals surface area (Å²) in [4.78, 5) is 20.8. The molecule has 1 aromatic rings. The summed E-state index contributed by atoms with van der Waals surface area (Å²) >= 11 is 0. The van der Waals surface area contributed by atoms with Crippen molar-refractivity contribution in [1.82, 2.24) is 0 Å². The van der Waals surface area contributed by atoms with E-state index in [0.29, 0.717) is 0 Å². The average molecular weight is 750 g/mol. The molecule has 0 N–H and O–H groups in total. The number of unbranched alkanes of at least 4 members (excludes halogenated alkanes) is 21. The zero-order chi connectivity index (χ0) is 34.2. The summed E-state index contributed by atoms with van der Waals surface area (Å²) < 4.78 is 0. The van der Waals surface area contributed by atoms with E-state index in [1.807, 2.05) is 6.07 Å². The monoisotopic (exact) mass is 750 g/mol. The predicted octanol–water partition coefficient (Wildman–Crippen LogP) is 10.8. The van der Waals surface area contributed by atoms with Gasteiger partial charge in [-0.1, -0.05) is 207 Å². The van der Waals surface area contributed by atoms with Crippen molar-refractivity contribution < 1.29 is 19.8 Å². The van der Waals surface area contributed by atoms with Crippen molar-refractivity contribution >= 4 is 35.8 Å². The van der Waals surface area contributed by atoms with E-state index in [1.165, 1.54) is 122 Å². The maximum atomic E-state index is 10.5. The number of aryl methyl sites for hydroxylation is 1. The average Bonchev–Trinajstić information content (AvgIpc) is 3.05. The van der Waals surface area contributed by atoms with Crippen LogP contribution >= 0.6 is 0 Å². The molecule has 0 saturated carbocycles. The largest absolute Gasteiger partial charge is 2.00 e. The quantitative estimate of drug-likeness (QED) is 0.0698. The van der Waals surface area contributed by atoms with Gasteiger partial charge in [-0.3, -0.25) is 0 Å². The van der Waals surface area contributed by atoms with Crippen molar-refractivity contribution in [1.29, 1.82) is 0 Å². The van der Waals surface area contributed by atoms with Gasteiger partial charge in [-0.05, 0) is 42.9 Å². The first kappa shape index (κ1) is 51.8. The first-order valence-electron chi connectivity index (χ1n) is 18.9. The van der Waals surface area contributed by atoms with Gasteiger partial charge in [0.25, 0.3) is 0 Å². The van der Waals surface area contributed by atoms with Crippen molar-refractivity contribution in [3.8, 4) is 0 Å². The summed E-state index contributed by atoms with van der Waals surface area (Å²) in [5, 5.41) is 20.8. The van der Waals surface area contributed by atoms with Gasteiger partial charge in [0.15, 0.2) is 0 Å². The molecule has 0 aliphatic rings. The van der Waals surface area contributed by atoms with Gasteiger partial charge in [-0.25, -0.2) is 0 Å². The zero-order valence-electron chi connectivity index (χ0n) is 30.9. The number of aliphatic carboxylic acids is 1. The molecule has 0 aromatic heterocycles. The smallest absolute Gasteiger partial charge is 0.550 e. The van der Waals surface area contributed by atoms with Crippen LogP contribution in [0.25, 0.3) is 0 Å². The first-order chi connectivity index (χ1) is 21.8. The first-order valence-corrected chi connectivity index (χ1v) is 18.9. The minimum atomic E-state index is -1.10. The third-order valence-electron chi connectivity index (χ3n) is 7.67. The molecular weight excluding hydrogens is 675 g/mol. The molecule has 4 nitrogen and oxygen atoms in total. The van der Waals surface area contributed by atoms with Crippen LogP contribution < -0.4 is 10.2 Å². The standard InChI is InChI=1S/C22H44O2.C11H14O2.2C4H9.Sn/c1-2-3-4-5-6-7-8-9-10-11-12-13-14-15-16-17-18-19-20-21-22(23)24;1-2-3-5-9-6-4-7-10(8-9)11(12)13;2*1-3-4-2;/h2-21H2,1H3,(H,23,24);4,6-8H,2-3,5H2,1H3,(H,12,13);2*1,3-4H2,2H3;/q;;;;+2/p-2. The number of carbonyl (C=O) groups is 2. The van der Waals surface area contributed by atoms with E-state index in [1.54, 1.807) is 18.2 Å². The van der Waals surface area contributed by atoms with Crippen LogP contribution in [0.15, 0.2) is 24.3 Å². The second kappa shape index (κ2) is 46.1. The van der Waals surface area contributed by atoms with Crippen LogP contribution in [0.2, 0.25) is 0 Å². The Morgan fingerprint density at radius 1 is 0.543 bits per heavy atom. The minimum absolute atomic E-state index is 0. The molecule has 0 heterocycles. The van der Waals surface area contributed by atoms with Gasteiger partial charge in [-0.15, -0.1) is 0 Å². The second-order valence-electron chi connectivity index (χ2n) is 12.3. The minimum Gasteiger partial charge on any atom is -0.550 e. The molecule has 46 heavy (non-hydrogen) atoms. The van der Waals surface area contributed by atoms with Gasteiger partial charge in [0.2, 0.25) is 0 Å². The molecule has 0 saturated heterocycles. The normalized spacial score (nSPS) is 9.87. The van der Waals surface area contributed by atoms with Crippen LogP contribution in [0.5, 0.6) is 0 Å². The summed E-state index contributed by atoms with van der Waals surface area (Å²) in [5.41, 5.74) is 1.34. The molecule has 0 amide bonds. The number of rotatable bonds is 26. The van der Waals surface area contributed by atoms with E-state index < -0.39 is 11.9 Å². The summed E-state index contributed by atoms with van der Waals surface area (Å²) in [6.45, 7) is 15.8. The zero-order valence-corrected chi connectivity index (χ0v) is 33.8. The molecule has 5 heteroatoms. The summed E-state index contributed by atoms with van der Waals surface area (Å²) in [5.74, 6) is -2.00. The number of aromatic carboxylic acids is 1. The fourth-order valence-electron chi connectivity index (χ4n) is 4.58. The number of hydrogen-bond acceptors (Lipinski definition) is 4. The Kier molecular flexibility index (Phi) is 51.9. The van der Waals surface area contributed by atoms with Crippen LogP contribution in [0.4, 0.5) is 0 Å². The fraction of sp³-hybridized carbons (Fsp3) is 0.756. The molecule has 0 unspecified atom stereocenters. The molecule has 0 aliphatic heterocycles. The van der Waals surface area contributed by atoms with E-state index >= 15 is 0 Å². The Labute approximate surface area is 304 Å². The van der Waals surface area contributed by atoms with Gasteiger partial charge in [0.1, 0.15) is 0 Å². The molecule has 0 aliphatic carbocycles. The maximum absolute atomic E-state index is 10.5. The third kappa shape index (κ3) is 47.4.